The second-order valence-corrected chi connectivity index (χ2v) is 5.03. The number of anilines is 1. The molecule has 0 saturated carbocycles. The SMILES string of the molecule is CC(CO)NC(=O)NCc1ccnc(N2CCOCC2)c1. The number of hydrogen-bond donors (Lipinski definition) is 3. The fourth-order valence-electron chi connectivity index (χ4n) is 2.04. The van der Waals surface area contributed by atoms with Gasteiger partial charge < -0.3 is 25.4 Å². The molecule has 1 saturated heterocycles. The Morgan fingerprint density at radius 3 is 3.00 bits per heavy atom. The summed E-state index contributed by atoms with van der Waals surface area (Å²) in [4.78, 5) is 18.1. The summed E-state index contributed by atoms with van der Waals surface area (Å²) < 4.78 is 5.32. The molecule has 1 aromatic heterocycles. The number of amides is 2. The Balaban J connectivity index is 1.87. The molecule has 0 spiro atoms. The number of rotatable bonds is 5. The van der Waals surface area contributed by atoms with E-state index in [9.17, 15) is 4.79 Å². The maximum atomic E-state index is 11.6. The van der Waals surface area contributed by atoms with E-state index in [1.54, 1.807) is 13.1 Å². The van der Waals surface area contributed by atoms with Gasteiger partial charge >= 0.3 is 6.03 Å². The van der Waals surface area contributed by atoms with Crippen LogP contribution in [0.3, 0.4) is 0 Å². The van der Waals surface area contributed by atoms with Crippen LogP contribution in [-0.4, -0.2) is 55.1 Å². The lowest BCUT2D eigenvalue weighted by Gasteiger charge is -2.28. The van der Waals surface area contributed by atoms with Gasteiger partial charge in [0.2, 0.25) is 0 Å². The van der Waals surface area contributed by atoms with Gasteiger partial charge in [0, 0.05) is 25.8 Å². The second-order valence-electron chi connectivity index (χ2n) is 5.03. The van der Waals surface area contributed by atoms with Gasteiger partial charge in [0.1, 0.15) is 5.82 Å². The standard InChI is InChI=1S/C14H22N4O3/c1-11(10-19)17-14(20)16-9-12-2-3-15-13(8-12)18-4-6-21-7-5-18/h2-3,8,11,19H,4-7,9-10H2,1H3,(H2,16,17,20). The number of nitrogens with one attached hydrogen (secondary N) is 2. The van der Waals surface area contributed by atoms with Crippen LogP contribution in [-0.2, 0) is 11.3 Å². The molecule has 0 radical (unpaired) electrons. The first-order valence-electron chi connectivity index (χ1n) is 7.12. The third kappa shape index (κ3) is 4.87. The molecule has 1 unspecified atom stereocenters. The third-order valence-electron chi connectivity index (χ3n) is 3.25. The monoisotopic (exact) mass is 294 g/mol. The van der Waals surface area contributed by atoms with E-state index in [1.165, 1.54) is 0 Å². The van der Waals surface area contributed by atoms with E-state index in [4.69, 9.17) is 9.84 Å². The molecule has 21 heavy (non-hydrogen) atoms. The third-order valence-corrected chi connectivity index (χ3v) is 3.25. The van der Waals surface area contributed by atoms with Crippen molar-refractivity contribution in [1.29, 1.82) is 0 Å². The minimum absolute atomic E-state index is 0.0795. The first-order chi connectivity index (χ1) is 10.2. The lowest BCUT2D eigenvalue weighted by atomic mass is 10.2. The summed E-state index contributed by atoms with van der Waals surface area (Å²) in [5.41, 5.74) is 0.985. The summed E-state index contributed by atoms with van der Waals surface area (Å²) in [5, 5.41) is 14.3. The predicted molar refractivity (Wildman–Crippen MR) is 79.2 cm³/mol. The molecule has 2 heterocycles. The highest BCUT2D eigenvalue weighted by Gasteiger charge is 2.12. The Morgan fingerprint density at radius 2 is 2.29 bits per heavy atom. The van der Waals surface area contributed by atoms with Crippen molar-refractivity contribution in [1.82, 2.24) is 15.6 Å². The van der Waals surface area contributed by atoms with Crippen LogP contribution in [0.15, 0.2) is 18.3 Å². The number of hydrogen-bond acceptors (Lipinski definition) is 5. The predicted octanol–water partition coefficient (Wildman–Crippen LogP) is 0.0982. The molecular weight excluding hydrogens is 272 g/mol. The molecule has 2 rings (SSSR count). The number of aliphatic hydroxyl groups is 1. The fourth-order valence-corrected chi connectivity index (χ4v) is 2.04. The average molecular weight is 294 g/mol. The molecule has 0 aliphatic carbocycles. The van der Waals surface area contributed by atoms with Crippen molar-refractivity contribution < 1.29 is 14.6 Å². The van der Waals surface area contributed by atoms with Gasteiger partial charge in [0.05, 0.1) is 25.9 Å². The van der Waals surface area contributed by atoms with Crippen LogP contribution in [0, 0.1) is 0 Å². The molecule has 116 valence electrons. The quantitative estimate of drug-likeness (QED) is 0.717. The normalized spacial score (nSPS) is 16.4. The number of ether oxygens (including phenoxy) is 1. The van der Waals surface area contributed by atoms with Crippen LogP contribution < -0.4 is 15.5 Å². The zero-order chi connectivity index (χ0) is 15.1. The molecule has 1 aliphatic heterocycles. The van der Waals surface area contributed by atoms with Gasteiger partial charge in [-0.1, -0.05) is 0 Å². The molecule has 1 aliphatic rings. The Hall–Kier alpha value is -1.86. The van der Waals surface area contributed by atoms with Crippen molar-refractivity contribution in [2.45, 2.75) is 19.5 Å². The average Bonchev–Trinajstić information content (AvgIpc) is 2.54. The van der Waals surface area contributed by atoms with Crippen LogP contribution in [0.2, 0.25) is 0 Å². The van der Waals surface area contributed by atoms with Crippen LogP contribution in [0.5, 0.6) is 0 Å². The van der Waals surface area contributed by atoms with E-state index in [0.717, 1.165) is 24.5 Å². The highest BCUT2D eigenvalue weighted by molar-refractivity contribution is 5.74. The molecule has 1 aromatic rings. The Labute approximate surface area is 124 Å². The minimum atomic E-state index is -0.290. The summed E-state index contributed by atoms with van der Waals surface area (Å²) in [6.07, 6.45) is 1.75. The van der Waals surface area contributed by atoms with Crippen molar-refractivity contribution in [2.75, 3.05) is 37.8 Å². The van der Waals surface area contributed by atoms with Crippen LogP contribution in [0.4, 0.5) is 10.6 Å². The Morgan fingerprint density at radius 1 is 1.52 bits per heavy atom. The minimum Gasteiger partial charge on any atom is -0.394 e. The molecule has 1 fully saturated rings. The van der Waals surface area contributed by atoms with Crippen molar-refractivity contribution in [3.63, 3.8) is 0 Å². The number of nitrogens with zero attached hydrogens (tertiary/aromatic N) is 2. The second kappa shape index (κ2) is 7.80. The first-order valence-corrected chi connectivity index (χ1v) is 7.12. The topological polar surface area (TPSA) is 86.7 Å². The zero-order valence-corrected chi connectivity index (χ0v) is 12.2. The number of carbonyl (C=O) groups excluding carboxylic acids is 1. The largest absolute Gasteiger partial charge is 0.394 e. The number of urea groups is 1. The van der Waals surface area contributed by atoms with E-state index in [-0.39, 0.29) is 18.7 Å². The van der Waals surface area contributed by atoms with E-state index in [1.807, 2.05) is 12.1 Å². The first kappa shape index (κ1) is 15.5. The summed E-state index contributed by atoms with van der Waals surface area (Å²) in [5.74, 6) is 0.904. The molecule has 7 nitrogen and oxygen atoms in total. The lowest BCUT2D eigenvalue weighted by Crippen LogP contribution is -2.42. The molecule has 0 bridgehead atoms. The van der Waals surface area contributed by atoms with Gasteiger partial charge in [-0.15, -0.1) is 0 Å². The van der Waals surface area contributed by atoms with Crippen molar-refractivity contribution >= 4 is 11.8 Å². The molecule has 2 amide bonds. The summed E-state index contributed by atoms with van der Waals surface area (Å²) >= 11 is 0. The molecule has 1 atom stereocenters. The number of carbonyl (C=O) groups is 1. The van der Waals surface area contributed by atoms with E-state index in [2.05, 4.69) is 20.5 Å². The van der Waals surface area contributed by atoms with E-state index < -0.39 is 0 Å². The van der Waals surface area contributed by atoms with Crippen LogP contribution in [0.1, 0.15) is 12.5 Å². The van der Waals surface area contributed by atoms with Crippen LogP contribution in [0.25, 0.3) is 0 Å². The number of aromatic nitrogens is 1. The fraction of sp³-hybridized carbons (Fsp3) is 0.571. The van der Waals surface area contributed by atoms with Gasteiger partial charge in [-0.05, 0) is 24.6 Å². The number of pyridine rings is 1. The lowest BCUT2D eigenvalue weighted by molar-refractivity contribution is 0.122. The van der Waals surface area contributed by atoms with Crippen molar-refractivity contribution in [3.05, 3.63) is 23.9 Å². The van der Waals surface area contributed by atoms with Crippen LogP contribution >= 0.6 is 0 Å². The van der Waals surface area contributed by atoms with Crippen molar-refractivity contribution in [3.8, 4) is 0 Å². The summed E-state index contributed by atoms with van der Waals surface area (Å²) in [7, 11) is 0. The zero-order valence-electron chi connectivity index (χ0n) is 12.2. The highest BCUT2D eigenvalue weighted by atomic mass is 16.5. The van der Waals surface area contributed by atoms with Gasteiger partial charge in [-0.2, -0.15) is 0 Å². The maximum absolute atomic E-state index is 11.6. The van der Waals surface area contributed by atoms with E-state index in [0.29, 0.717) is 19.8 Å². The Kier molecular flexibility index (Phi) is 5.77. The number of aliphatic hydroxyl groups excluding tert-OH is 1. The van der Waals surface area contributed by atoms with Gasteiger partial charge in [-0.25, -0.2) is 9.78 Å². The molecular formula is C14H22N4O3. The van der Waals surface area contributed by atoms with Gasteiger partial charge in [0.15, 0.2) is 0 Å². The summed E-state index contributed by atoms with van der Waals surface area (Å²) in [6, 6.07) is 3.30. The summed E-state index contributed by atoms with van der Waals surface area (Å²) in [6.45, 7) is 5.17. The number of morpholine rings is 1. The smallest absolute Gasteiger partial charge is 0.315 e. The molecule has 3 N–H and O–H groups in total. The van der Waals surface area contributed by atoms with Crippen molar-refractivity contribution in [2.24, 2.45) is 0 Å². The maximum Gasteiger partial charge on any atom is 0.315 e. The van der Waals surface area contributed by atoms with Gasteiger partial charge in [-0.3, -0.25) is 0 Å². The molecule has 7 heteroatoms. The Bertz CT molecular complexity index is 463. The van der Waals surface area contributed by atoms with Gasteiger partial charge in [0.25, 0.3) is 0 Å². The van der Waals surface area contributed by atoms with E-state index >= 15 is 0 Å². The highest BCUT2D eigenvalue weighted by Crippen LogP contribution is 2.14. The molecule has 0 aromatic carbocycles.